The zero-order valence-electron chi connectivity index (χ0n) is 12.1. The molecule has 0 radical (unpaired) electrons. The SMILES string of the molecule is CC(C)CCCCC(=O)CC(=O)C(F)(F)C(F)(F)C(F)(F)F. The minimum absolute atomic E-state index is 0.255. The topological polar surface area (TPSA) is 34.1 Å². The van der Waals surface area contributed by atoms with Gasteiger partial charge in [0.05, 0.1) is 6.42 Å². The minimum Gasteiger partial charge on any atom is -0.299 e. The van der Waals surface area contributed by atoms with Crippen LogP contribution in [0.1, 0.15) is 46.0 Å². The fraction of sp³-hybridized carbons (Fsp3) is 0.846. The van der Waals surface area contributed by atoms with Crippen molar-refractivity contribution >= 4 is 11.6 Å². The highest BCUT2D eigenvalue weighted by molar-refractivity contribution is 6.02. The van der Waals surface area contributed by atoms with Crippen LogP contribution in [0.15, 0.2) is 0 Å². The van der Waals surface area contributed by atoms with E-state index in [0.29, 0.717) is 12.3 Å². The van der Waals surface area contributed by atoms with E-state index in [0.717, 1.165) is 6.42 Å². The van der Waals surface area contributed by atoms with E-state index >= 15 is 0 Å². The minimum atomic E-state index is -6.58. The molecule has 0 aliphatic carbocycles. The normalized spacial score (nSPS) is 13.5. The zero-order valence-corrected chi connectivity index (χ0v) is 12.1. The van der Waals surface area contributed by atoms with Crippen LogP contribution in [0.3, 0.4) is 0 Å². The number of ketones is 2. The van der Waals surface area contributed by atoms with Gasteiger partial charge in [0.15, 0.2) is 0 Å². The third-order valence-corrected chi connectivity index (χ3v) is 2.95. The van der Waals surface area contributed by atoms with Crippen LogP contribution < -0.4 is 0 Å². The van der Waals surface area contributed by atoms with E-state index in [4.69, 9.17) is 0 Å². The van der Waals surface area contributed by atoms with Crippen LogP contribution in [0.2, 0.25) is 0 Å². The summed E-state index contributed by atoms with van der Waals surface area (Å²) in [6, 6.07) is 0. The highest BCUT2D eigenvalue weighted by Gasteiger charge is 2.75. The van der Waals surface area contributed by atoms with Crippen molar-refractivity contribution in [3.63, 3.8) is 0 Å². The van der Waals surface area contributed by atoms with Crippen molar-refractivity contribution in [2.45, 2.75) is 64.0 Å². The number of carbonyl (C=O) groups excluding carboxylic acids is 2. The smallest absolute Gasteiger partial charge is 0.299 e. The summed E-state index contributed by atoms with van der Waals surface area (Å²) in [5.41, 5.74) is 0. The Balaban J connectivity index is 4.61. The van der Waals surface area contributed by atoms with E-state index in [1.165, 1.54) is 0 Å². The maximum Gasteiger partial charge on any atom is 0.460 e. The van der Waals surface area contributed by atoms with Crippen LogP contribution in [0.25, 0.3) is 0 Å². The van der Waals surface area contributed by atoms with Crippen molar-refractivity contribution in [3.8, 4) is 0 Å². The highest BCUT2D eigenvalue weighted by Crippen LogP contribution is 2.47. The van der Waals surface area contributed by atoms with E-state index in [-0.39, 0.29) is 12.8 Å². The Labute approximate surface area is 123 Å². The summed E-state index contributed by atoms with van der Waals surface area (Å²) >= 11 is 0. The third-order valence-electron chi connectivity index (χ3n) is 2.95. The van der Waals surface area contributed by atoms with Gasteiger partial charge >= 0.3 is 18.0 Å². The Morgan fingerprint density at radius 3 is 1.82 bits per heavy atom. The van der Waals surface area contributed by atoms with Crippen LogP contribution in [0.4, 0.5) is 30.7 Å². The maximum absolute atomic E-state index is 13.0. The van der Waals surface area contributed by atoms with E-state index in [1.807, 2.05) is 13.8 Å². The molecule has 22 heavy (non-hydrogen) atoms. The zero-order chi connectivity index (χ0) is 17.8. The first-order valence-corrected chi connectivity index (χ1v) is 6.60. The molecule has 0 saturated carbocycles. The Morgan fingerprint density at radius 2 is 1.41 bits per heavy atom. The van der Waals surface area contributed by atoms with Crippen molar-refractivity contribution in [1.82, 2.24) is 0 Å². The Bertz CT molecular complexity index is 400. The lowest BCUT2D eigenvalue weighted by Crippen LogP contribution is -2.56. The van der Waals surface area contributed by atoms with Gasteiger partial charge in [0, 0.05) is 6.42 Å². The molecule has 0 aromatic rings. The van der Waals surface area contributed by atoms with Gasteiger partial charge in [-0.25, -0.2) is 0 Å². The van der Waals surface area contributed by atoms with Gasteiger partial charge in [0.1, 0.15) is 5.78 Å². The first kappa shape index (κ1) is 20.9. The largest absolute Gasteiger partial charge is 0.460 e. The van der Waals surface area contributed by atoms with Gasteiger partial charge in [-0.1, -0.05) is 26.7 Å². The van der Waals surface area contributed by atoms with Gasteiger partial charge < -0.3 is 0 Å². The number of halogens is 7. The fourth-order valence-corrected chi connectivity index (χ4v) is 1.61. The standard InChI is InChI=1S/C13H17F7O2/c1-8(2)5-3-4-6-9(21)7-10(22)11(14,15)12(16,17)13(18,19)20/h8H,3-7H2,1-2H3. The summed E-state index contributed by atoms with van der Waals surface area (Å²) in [5, 5.41) is 0. The summed E-state index contributed by atoms with van der Waals surface area (Å²) in [6.07, 6.45) is -6.97. The molecule has 9 heteroatoms. The Kier molecular flexibility index (Phi) is 7.02. The summed E-state index contributed by atoms with van der Waals surface area (Å²) in [7, 11) is 0. The third kappa shape index (κ3) is 5.24. The quantitative estimate of drug-likeness (QED) is 0.351. The number of hydrogen-bond donors (Lipinski definition) is 0. The van der Waals surface area contributed by atoms with Crippen molar-refractivity contribution in [3.05, 3.63) is 0 Å². The van der Waals surface area contributed by atoms with Gasteiger partial charge in [0.25, 0.3) is 0 Å². The second-order valence-corrected chi connectivity index (χ2v) is 5.42. The molecule has 0 rings (SSSR count). The second kappa shape index (κ2) is 7.41. The summed E-state index contributed by atoms with van der Waals surface area (Å²) in [6.45, 7) is 3.82. The molecule has 0 atom stereocenters. The van der Waals surface area contributed by atoms with Gasteiger partial charge in [-0.3, -0.25) is 9.59 Å². The van der Waals surface area contributed by atoms with Gasteiger partial charge in [-0.05, 0) is 12.3 Å². The molecule has 0 bridgehead atoms. The molecule has 0 aromatic heterocycles. The van der Waals surface area contributed by atoms with Gasteiger partial charge in [-0.2, -0.15) is 30.7 Å². The van der Waals surface area contributed by atoms with Crippen LogP contribution in [0, 0.1) is 5.92 Å². The molecule has 0 aromatic carbocycles. The van der Waals surface area contributed by atoms with Gasteiger partial charge in [-0.15, -0.1) is 0 Å². The number of Topliss-reactive ketones (excluding diaryl/α,β-unsaturated/α-hetero) is 2. The molecule has 0 amide bonds. The number of hydrogen-bond acceptors (Lipinski definition) is 2. The predicted molar refractivity (Wildman–Crippen MR) is 63.9 cm³/mol. The molecule has 0 N–H and O–H groups in total. The molecule has 2 nitrogen and oxygen atoms in total. The molecular formula is C13H17F7O2. The molecule has 0 aliphatic heterocycles. The van der Waals surface area contributed by atoms with E-state index in [9.17, 15) is 40.3 Å². The lowest BCUT2D eigenvalue weighted by atomic mass is 9.98. The lowest BCUT2D eigenvalue weighted by Gasteiger charge is -2.26. The molecule has 0 unspecified atom stereocenters. The van der Waals surface area contributed by atoms with Crippen LogP contribution in [-0.2, 0) is 9.59 Å². The number of unbranched alkanes of at least 4 members (excludes halogenated alkanes) is 1. The summed E-state index contributed by atoms with van der Waals surface area (Å²) < 4.78 is 86.8. The molecular weight excluding hydrogens is 321 g/mol. The van der Waals surface area contributed by atoms with Crippen LogP contribution >= 0.6 is 0 Å². The monoisotopic (exact) mass is 338 g/mol. The fourth-order valence-electron chi connectivity index (χ4n) is 1.61. The molecule has 0 fully saturated rings. The van der Waals surface area contributed by atoms with E-state index < -0.39 is 36.0 Å². The van der Waals surface area contributed by atoms with E-state index in [1.54, 1.807) is 0 Å². The average Bonchev–Trinajstić information content (AvgIpc) is 2.32. The summed E-state index contributed by atoms with van der Waals surface area (Å²) in [5.74, 6) is -15.9. The molecule has 0 saturated heterocycles. The average molecular weight is 338 g/mol. The predicted octanol–water partition coefficient (Wildman–Crippen LogP) is 4.56. The van der Waals surface area contributed by atoms with Crippen LogP contribution in [-0.4, -0.2) is 29.6 Å². The van der Waals surface area contributed by atoms with Crippen molar-refractivity contribution in [1.29, 1.82) is 0 Å². The molecule has 0 spiro atoms. The lowest BCUT2D eigenvalue weighted by molar-refractivity contribution is -0.343. The van der Waals surface area contributed by atoms with Gasteiger partial charge in [0.2, 0.25) is 5.78 Å². The Hall–Kier alpha value is -1.15. The highest BCUT2D eigenvalue weighted by atomic mass is 19.4. The first-order valence-electron chi connectivity index (χ1n) is 6.60. The second-order valence-electron chi connectivity index (χ2n) is 5.42. The van der Waals surface area contributed by atoms with Crippen LogP contribution in [0.5, 0.6) is 0 Å². The van der Waals surface area contributed by atoms with Crippen molar-refractivity contribution in [2.75, 3.05) is 0 Å². The Morgan fingerprint density at radius 1 is 0.909 bits per heavy atom. The van der Waals surface area contributed by atoms with E-state index in [2.05, 4.69) is 0 Å². The first-order chi connectivity index (χ1) is 9.73. The van der Waals surface area contributed by atoms with Crippen molar-refractivity contribution < 1.29 is 40.3 Å². The molecule has 0 heterocycles. The maximum atomic E-state index is 13.0. The molecule has 130 valence electrons. The molecule has 0 aliphatic rings. The number of carbonyl (C=O) groups is 2. The summed E-state index contributed by atoms with van der Waals surface area (Å²) in [4.78, 5) is 22.2. The number of rotatable bonds is 9. The van der Waals surface area contributed by atoms with Crippen molar-refractivity contribution in [2.24, 2.45) is 5.92 Å². The number of alkyl halides is 7.